The molecule has 2 aliphatic rings. The van der Waals surface area contributed by atoms with Gasteiger partial charge in [0, 0.05) is 24.2 Å². The highest BCUT2D eigenvalue weighted by Gasteiger charge is 2.26. The van der Waals surface area contributed by atoms with Gasteiger partial charge in [0.1, 0.15) is 12.2 Å². The van der Waals surface area contributed by atoms with E-state index in [1.54, 1.807) is 0 Å². The lowest BCUT2D eigenvalue weighted by Crippen LogP contribution is -2.32. The third-order valence-electron chi connectivity index (χ3n) is 12.5. The number of carbonyl (C=O) groups excluding carboxylic acids is 2. The molecule has 0 radical (unpaired) electrons. The van der Waals surface area contributed by atoms with E-state index >= 15 is 0 Å². The van der Waals surface area contributed by atoms with Crippen molar-refractivity contribution in [2.24, 2.45) is 11.8 Å². The van der Waals surface area contributed by atoms with Gasteiger partial charge >= 0.3 is 11.9 Å². The highest BCUT2D eigenvalue weighted by Crippen LogP contribution is 2.28. The molecule has 2 unspecified atom stereocenters. The number of rotatable bonds is 35. The van der Waals surface area contributed by atoms with Crippen LogP contribution in [-0.4, -0.2) is 83.4 Å². The number of hydrogen-bond donors (Lipinski definition) is 1. The molecule has 0 aromatic rings. The summed E-state index contributed by atoms with van der Waals surface area (Å²) in [6.07, 6.45) is 37.8. The number of hydrogen-bond acceptors (Lipinski definition) is 8. The number of nitrogens with zero attached hydrogens (tertiary/aromatic N) is 1. The van der Waals surface area contributed by atoms with Crippen LogP contribution in [0.15, 0.2) is 0 Å². The Morgan fingerprint density at radius 3 is 1.38 bits per heavy atom. The summed E-state index contributed by atoms with van der Waals surface area (Å²) in [7, 11) is 2.29. The Kier molecular flexibility index (Phi) is 33.6. The lowest BCUT2D eigenvalue weighted by Gasteiger charge is -2.28. The second kappa shape index (κ2) is 36.4. The van der Waals surface area contributed by atoms with Crippen molar-refractivity contribution in [2.75, 3.05) is 43.2 Å². The van der Waals surface area contributed by atoms with Crippen LogP contribution in [-0.2, 0) is 19.1 Å². The Morgan fingerprint density at radius 2 is 0.964 bits per heavy atom. The van der Waals surface area contributed by atoms with Crippen molar-refractivity contribution < 1.29 is 24.2 Å². The van der Waals surface area contributed by atoms with Crippen LogP contribution in [0.1, 0.15) is 219 Å². The molecule has 2 fully saturated rings. The highest BCUT2D eigenvalue weighted by atomic mass is 32.2. The molecule has 0 saturated heterocycles. The monoisotopic (exact) mass is 826 g/mol. The molecule has 330 valence electrons. The summed E-state index contributed by atoms with van der Waals surface area (Å²) in [6, 6.07) is 0.612. The second-order valence-electron chi connectivity index (χ2n) is 17.6. The fourth-order valence-corrected chi connectivity index (χ4v) is 10.8. The van der Waals surface area contributed by atoms with E-state index in [9.17, 15) is 14.7 Å². The molecule has 2 atom stereocenters. The molecule has 0 heterocycles. The molecule has 8 heteroatoms. The molecule has 0 aromatic carbocycles. The van der Waals surface area contributed by atoms with Crippen molar-refractivity contribution in [3.8, 4) is 0 Å². The number of carbonyl (C=O) groups is 2. The van der Waals surface area contributed by atoms with E-state index in [1.165, 1.54) is 154 Å². The summed E-state index contributed by atoms with van der Waals surface area (Å²) in [5.41, 5.74) is 0. The van der Waals surface area contributed by atoms with Gasteiger partial charge in [0.15, 0.2) is 0 Å². The fourth-order valence-electron chi connectivity index (χ4n) is 8.69. The first-order valence-corrected chi connectivity index (χ1v) is 26.7. The van der Waals surface area contributed by atoms with Crippen LogP contribution >= 0.6 is 23.5 Å². The van der Waals surface area contributed by atoms with Gasteiger partial charge in [-0.2, -0.15) is 23.5 Å². The number of ether oxygens (including phenoxy) is 2. The molecular weight excluding hydrogens is 735 g/mol. The van der Waals surface area contributed by atoms with Crippen LogP contribution in [0.3, 0.4) is 0 Å². The molecular formula is C48H91NO5S2. The van der Waals surface area contributed by atoms with Gasteiger partial charge in [-0.25, -0.2) is 0 Å². The Labute approximate surface area is 355 Å². The maximum Gasteiger partial charge on any atom is 0.309 e. The number of esters is 2. The Hall–Kier alpha value is -0.440. The molecule has 0 spiro atoms. The average molecular weight is 826 g/mol. The highest BCUT2D eigenvalue weighted by molar-refractivity contribution is 7.99. The van der Waals surface area contributed by atoms with Gasteiger partial charge in [-0.3, -0.25) is 9.59 Å². The molecule has 0 amide bonds. The van der Waals surface area contributed by atoms with Crippen molar-refractivity contribution in [3.05, 3.63) is 0 Å². The summed E-state index contributed by atoms with van der Waals surface area (Å²) in [5, 5.41) is 9.36. The average Bonchev–Trinajstić information content (AvgIpc) is 3.66. The minimum atomic E-state index is 0.0772. The molecule has 2 saturated carbocycles. The van der Waals surface area contributed by atoms with Crippen molar-refractivity contribution >= 4 is 35.5 Å². The van der Waals surface area contributed by atoms with E-state index in [0.29, 0.717) is 6.04 Å². The first kappa shape index (κ1) is 51.7. The predicted molar refractivity (Wildman–Crippen MR) is 244 cm³/mol. The molecule has 2 rings (SSSR count). The first-order chi connectivity index (χ1) is 27.5. The summed E-state index contributed by atoms with van der Waals surface area (Å²) in [6.45, 7) is 5.86. The molecule has 56 heavy (non-hydrogen) atoms. The maximum absolute atomic E-state index is 13.1. The fraction of sp³-hybridized carbons (Fsp3) is 0.958. The van der Waals surface area contributed by atoms with Crippen molar-refractivity contribution in [1.82, 2.24) is 4.90 Å². The summed E-state index contributed by atoms with van der Waals surface area (Å²) < 4.78 is 12.4. The van der Waals surface area contributed by atoms with Gasteiger partial charge in [0.25, 0.3) is 0 Å². The van der Waals surface area contributed by atoms with Gasteiger partial charge in [-0.1, -0.05) is 129 Å². The standard InChI is InChI=1S/C48H91NO5S2/c1-4-6-8-22-34-45(53-47(51)42-28-16-10-11-17-29-42)40-55-38-26-14-20-32-44(49(3)36-24-25-37-50)33-21-15-27-39-56-41-46(35-23-9-7-5-2)54-48(52)43-30-18-12-13-19-31-43/h42-46,50H,4-41H2,1-3H3. The van der Waals surface area contributed by atoms with Gasteiger partial charge in [0.2, 0.25) is 0 Å². The molecule has 6 nitrogen and oxygen atoms in total. The first-order valence-electron chi connectivity index (χ1n) is 24.4. The van der Waals surface area contributed by atoms with Crippen LogP contribution in [0.4, 0.5) is 0 Å². The van der Waals surface area contributed by atoms with E-state index in [1.807, 2.05) is 23.5 Å². The second-order valence-corrected chi connectivity index (χ2v) is 19.9. The van der Waals surface area contributed by atoms with Gasteiger partial charge in [-0.05, 0) is 115 Å². The van der Waals surface area contributed by atoms with Crippen LogP contribution in [0.5, 0.6) is 0 Å². The third-order valence-corrected chi connectivity index (χ3v) is 14.9. The Balaban J connectivity index is 1.70. The van der Waals surface area contributed by atoms with Gasteiger partial charge in [0.05, 0.1) is 11.8 Å². The summed E-state index contributed by atoms with van der Waals surface area (Å²) in [5.74, 6) is 4.64. The van der Waals surface area contributed by atoms with Crippen molar-refractivity contribution in [3.63, 3.8) is 0 Å². The molecule has 0 bridgehead atoms. The largest absolute Gasteiger partial charge is 0.461 e. The smallest absolute Gasteiger partial charge is 0.309 e. The van der Waals surface area contributed by atoms with E-state index < -0.39 is 0 Å². The van der Waals surface area contributed by atoms with E-state index in [2.05, 4.69) is 25.8 Å². The molecule has 1 N–H and O–H groups in total. The van der Waals surface area contributed by atoms with E-state index in [-0.39, 0.29) is 42.6 Å². The van der Waals surface area contributed by atoms with Gasteiger partial charge in [-0.15, -0.1) is 0 Å². The number of aliphatic hydroxyl groups is 1. The Bertz CT molecular complexity index is 844. The summed E-state index contributed by atoms with van der Waals surface area (Å²) >= 11 is 4.00. The van der Waals surface area contributed by atoms with E-state index in [4.69, 9.17) is 9.47 Å². The van der Waals surface area contributed by atoms with E-state index in [0.717, 1.165) is 80.9 Å². The van der Waals surface area contributed by atoms with Crippen molar-refractivity contribution in [2.45, 2.75) is 238 Å². The lowest BCUT2D eigenvalue weighted by molar-refractivity contribution is -0.154. The van der Waals surface area contributed by atoms with Crippen LogP contribution in [0.2, 0.25) is 0 Å². The van der Waals surface area contributed by atoms with Crippen LogP contribution in [0, 0.1) is 11.8 Å². The topological polar surface area (TPSA) is 76.1 Å². The zero-order valence-electron chi connectivity index (χ0n) is 37.1. The van der Waals surface area contributed by atoms with Crippen LogP contribution < -0.4 is 0 Å². The lowest BCUT2D eigenvalue weighted by atomic mass is 10.0. The van der Waals surface area contributed by atoms with Crippen LogP contribution in [0.25, 0.3) is 0 Å². The Morgan fingerprint density at radius 1 is 0.554 bits per heavy atom. The summed E-state index contributed by atoms with van der Waals surface area (Å²) in [4.78, 5) is 28.7. The molecule has 0 aromatic heterocycles. The quantitative estimate of drug-likeness (QED) is 0.0385. The molecule has 2 aliphatic carbocycles. The SMILES string of the molecule is CCCCCCC(CSCCCCCC(CCCCCSCC(CCCCCC)OC(=O)C1CCCCCC1)N(C)CCCCO)OC(=O)C1CCCCCC1. The van der Waals surface area contributed by atoms with Gasteiger partial charge < -0.3 is 19.5 Å². The zero-order chi connectivity index (χ0) is 40.3. The normalized spacial score (nSPS) is 17.7. The minimum absolute atomic E-state index is 0.0772. The number of thioether (sulfide) groups is 2. The minimum Gasteiger partial charge on any atom is -0.461 e. The van der Waals surface area contributed by atoms with Crippen molar-refractivity contribution in [1.29, 1.82) is 0 Å². The predicted octanol–water partition coefficient (Wildman–Crippen LogP) is 13.4. The number of aliphatic hydroxyl groups excluding tert-OH is 1. The zero-order valence-corrected chi connectivity index (χ0v) is 38.7. The number of unbranched alkanes of at least 4 members (excludes halogenated alkanes) is 11. The maximum atomic E-state index is 13.1. The molecule has 0 aliphatic heterocycles. The third kappa shape index (κ3) is 26.6.